The van der Waals surface area contributed by atoms with Crippen molar-refractivity contribution in [2.45, 2.75) is 12.0 Å². The van der Waals surface area contributed by atoms with Gasteiger partial charge in [0.2, 0.25) is 0 Å². The van der Waals surface area contributed by atoms with E-state index in [1.54, 1.807) is 7.11 Å². The average molecular weight is 131 g/mol. The largest absolute Gasteiger partial charge is 0.396 e. The van der Waals surface area contributed by atoms with Gasteiger partial charge in [-0.2, -0.15) is 0 Å². The Morgan fingerprint density at radius 2 is 2.33 bits per heavy atom. The molecule has 2 N–H and O–H groups in total. The lowest BCUT2D eigenvalue weighted by atomic mass is 9.93. The molecule has 0 spiro atoms. The lowest BCUT2D eigenvalue weighted by Crippen LogP contribution is -2.60. The van der Waals surface area contributed by atoms with Crippen LogP contribution in [0.25, 0.3) is 0 Å². The van der Waals surface area contributed by atoms with Crippen LogP contribution in [0.3, 0.4) is 0 Å². The fourth-order valence-corrected chi connectivity index (χ4v) is 1.03. The zero-order valence-electron chi connectivity index (χ0n) is 5.68. The molecule has 1 rings (SSSR count). The summed E-state index contributed by atoms with van der Waals surface area (Å²) in [6.45, 7) is 1.98. The highest BCUT2D eigenvalue weighted by molar-refractivity contribution is 4.93. The highest BCUT2D eigenvalue weighted by Crippen LogP contribution is 2.18. The van der Waals surface area contributed by atoms with Crippen LogP contribution >= 0.6 is 0 Å². The Kier molecular flexibility index (Phi) is 2.05. The molecule has 3 heteroatoms. The first-order valence-corrected chi connectivity index (χ1v) is 3.20. The van der Waals surface area contributed by atoms with Gasteiger partial charge in [0.1, 0.15) is 0 Å². The summed E-state index contributed by atoms with van der Waals surface area (Å²) >= 11 is 0. The SMILES string of the molecule is COC1(CCO)CNC1. The molecule has 0 atom stereocenters. The third kappa shape index (κ3) is 1.23. The summed E-state index contributed by atoms with van der Waals surface area (Å²) in [5.41, 5.74) is -0.0469. The Balaban J connectivity index is 2.28. The summed E-state index contributed by atoms with van der Waals surface area (Å²) < 4.78 is 5.19. The fourth-order valence-electron chi connectivity index (χ4n) is 1.03. The Morgan fingerprint density at radius 3 is 2.44 bits per heavy atom. The Morgan fingerprint density at radius 1 is 1.67 bits per heavy atom. The minimum Gasteiger partial charge on any atom is -0.396 e. The summed E-state index contributed by atoms with van der Waals surface area (Å²) in [5.74, 6) is 0. The zero-order chi connectivity index (χ0) is 6.74. The number of rotatable bonds is 3. The number of aliphatic hydroxyl groups is 1. The van der Waals surface area contributed by atoms with E-state index in [4.69, 9.17) is 9.84 Å². The first-order chi connectivity index (χ1) is 4.33. The molecular formula is C6H13NO2. The number of nitrogens with one attached hydrogen (secondary N) is 1. The van der Waals surface area contributed by atoms with E-state index in [9.17, 15) is 0 Å². The molecule has 0 aromatic carbocycles. The summed E-state index contributed by atoms with van der Waals surface area (Å²) in [5, 5.41) is 11.7. The maximum atomic E-state index is 8.59. The van der Waals surface area contributed by atoms with E-state index in [-0.39, 0.29) is 12.2 Å². The predicted molar refractivity (Wildman–Crippen MR) is 34.3 cm³/mol. The molecule has 1 aliphatic heterocycles. The van der Waals surface area contributed by atoms with Gasteiger partial charge in [0.15, 0.2) is 0 Å². The summed E-state index contributed by atoms with van der Waals surface area (Å²) in [6, 6.07) is 0. The third-order valence-corrected chi connectivity index (χ3v) is 1.89. The molecule has 0 aliphatic carbocycles. The van der Waals surface area contributed by atoms with Gasteiger partial charge in [0, 0.05) is 33.2 Å². The third-order valence-electron chi connectivity index (χ3n) is 1.89. The van der Waals surface area contributed by atoms with Crippen molar-refractivity contribution in [2.24, 2.45) is 0 Å². The zero-order valence-corrected chi connectivity index (χ0v) is 5.68. The van der Waals surface area contributed by atoms with Gasteiger partial charge in [0.05, 0.1) is 5.60 Å². The number of hydrogen-bond donors (Lipinski definition) is 2. The van der Waals surface area contributed by atoms with Crippen molar-refractivity contribution in [2.75, 3.05) is 26.8 Å². The van der Waals surface area contributed by atoms with E-state index < -0.39 is 0 Å². The van der Waals surface area contributed by atoms with Gasteiger partial charge in [-0.05, 0) is 0 Å². The van der Waals surface area contributed by atoms with E-state index in [0.717, 1.165) is 19.5 Å². The van der Waals surface area contributed by atoms with Crippen molar-refractivity contribution in [1.29, 1.82) is 0 Å². The lowest BCUT2D eigenvalue weighted by Gasteiger charge is -2.40. The lowest BCUT2D eigenvalue weighted by molar-refractivity contribution is -0.0654. The number of hydrogen-bond acceptors (Lipinski definition) is 3. The van der Waals surface area contributed by atoms with Gasteiger partial charge in [-0.25, -0.2) is 0 Å². The standard InChI is InChI=1S/C6H13NO2/c1-9-6(2-3-8)4-7-5-6/h7-8H,2-5H2,1H3. The maximum absolute atomic E-state index is 8.59. The molecule has 54 valence electrons. The van der Waals surface area contributed by atoms with E-state index >= 15 is 0 Å². The van der Waals surface area contributed by atoms with E-state index in [1.807, 2.05) is 0 Å². The second-order valence-corrected chi connectivity index (χ2v) is 2.46. The number of ether oxygens (including phenoxy) is 1. The van der Waals surface area contributed by atoms with Crippen LogP contribution in [0.4, 0.5) is 0 Å². The van der Waals surface area contributed by atoms with Crippen LogP contribution in [0.1, 0.15) is 6.42 Å². The maximum Gasteiger partial charge on any atom is 0.0947 e. The predicted octanol–water partition coefficient (Wildman–Crippen LogP) is -0.643. The van der Waals surface area contributed by atoms with Crippen molar-refractivity contribution in [3.05, 3.63) is 0 Å². The van der Waals surface area contributed by atoms with Crippen molar-refractivity contribution < 1.29 is 9.84 Å². The normalized spacial score (nSPS) is 23.3. The van der Waals surface area contributed by atoms with Gasteiger partial charge in [-0.1, -0.05) is 0 Å². The molecule has 9 heavy (non-hydrogen) atoms. The molecule has 0 aromatic heterocycles. The van der Waals surface area contributed by atoms with Crippen molar-refractivity contribution in [1.82, 2.24) is 5.32 Å². The van der Waals surface area contributed by atoms with Crippen molar-refractivity contribution >= 4 is 0 Å². The molecule has 1 heterocycles. The molecule has 0 radical (unpaired) electrons. The molecule has 0 saturated carbocycles. The fraction of sp³-hybridized carbons (Fsp3) is 1.00. The highest BCUT2D eigenvalue weighted by atomic mass is 16.5. The average Bonchev–Trinajstić information content (AvgIpc) is 1.79. The van der Waals surface area contributed by atoms with Crippen LogP contribution in [0.15, 0.2) is 0 Å². The smallest absolute Gasteiger partial charge is 0.0947 e. The summed E-state index contributed by atoms with van der Waals surface area (Å²) in [7, 11) is 1.69. The first-order valence-electron chi connectivity index (χ1n) is 3.20. The minimum absolute atomic E-state index is 0.0469. The Hall–Kier alpha value is -0.120. The monoisotopic (exact) mass is 131 g/mol. The number of aliphatic hydroxyl groups excluding tert-OH is 1. The quantitative estimate of drug-likeness (QED) is 0.535. The summed E-state index contributed by atoms with van der Waals surface area (Å²) in [4.78, 5) is 0. The Bertz CT molecular complexity index is 85.5. The van der Waals surface area contributed by atoms with Gasteiger partial charge in [0.25, 0.3) is 0 Å². The molecule has 1 saturated heterocycles. The molecule has 0 amide bonds. The van der Waals surface area contributed by atoms with Crippen LogP contribution in [-0.4, -0.2) is 37.5 Å². The van der Waals surface area contributed by atoms with Gasteiger partial charge < -0.3 is 15.2 Å². The van der Waals surface area contributed by atoms with Crippen LogP contribution in [0.2, 0.25) is 0 Å². The molecule has 0 aromatic rings. The van der Waals surface area contributed by atoms with Gasteiger partial charge >= 0.3 is 0 Å². The van der Waals surface area contributed by atoms with Crippen molar-refractivity contribution in [3.63, 3.8) is 0 Å². The van der Waals surface area contributed by atoms with E-state index in [1.165, 1.54) is 0 Å². The van der Waals surface area contributed by atoms with Crippen LogP contribution in [0.5, 0.6) is 0 Å². The number of methoxy groups -OCH3 is 1. The highest BCUT2D eigenvalue weighted by Gasteiger charge is 2.35. The van der Waals surface area contributed by atoms with E-state index in [2.05, 4.69) is 5.32 Å². The van der Waals surface area contributed by atoms with Crippen LogP contribution in [-0.2, 0) is 4.74 Å². The summed E-state index contributed by atoms with van der Waals surface area (Å²) in [6.07, 6.45) is 0.747. The molecular weight excluding hydrogens is 118 g/mol. The molecule has 0 bridgehead atoms. The second kappa shape index (κ2) is 2.64. The van der Waals surface area contributed by atoms with Gasteiger partial charge in [-0.15, -0.1) is 0 Å². The topological polar surface area (TPSA) is 41.5 Å². The van der Waals surface area contributed by atoms with Crippen LogP contribution < -0.4 is 5.32 Å². The molecule has 3 nitrogen and oxygen atoms in total. The van der Waals surface area contributed by atoms with Crippen LogP contribution in [0, 0.1) is 0 Å². The molecule has 0 unspecified atom stereocenters. The minimum atomic E-state index is -0.0469. The second-order valence-electron chi connectivity index (χ2n) is 2.46. The van der Waals surface area contributed by atoms with Gasteiger partial charge in [-0.3, -0.25) is 0 Å². The molecule has 1 fully saturated rings. The van der Waals surface area contributed by atoms with E-state index in [0.29, 0.717) is 0 Å². The molecule has 1 aliphatic rings. The first kappa shape index (κ1) is 6.99. The van der Waals surface area contributed by atoms with Crippen molar-refractivity contribution in [3.8, 4) is 0 Å². The Labute approximate surface area is 55.0 Å².